The van der Waals surface area contributed by atoms with Crippen molar-refractivity contribution >= 4 is 21.4 Å². The lowest BCUT2D eigenvalue weighted by Gasteiger charge is -2.22. The molecule has 23 heavy (non-hydrogen) atoms. The number of hydrogen-bond acceptors (Lipinski definition) is 5. The summed E-state index contributed by atoms with van der Waals surface area (Å²) in [4.78, 5) is 10.3. The lowest BCUT2D eigenvalue weighted by atomic mass is 10.2. The fourth-order valence-electron chi connectivity index (χ4n) is 2.06. The van der Waals surface area contributed by atoms with Gasteiger partial charge in [0.2, 0.25) is 10.0 Å². The minimum absolute atomic E-state index is 0.0601. The molecule has 0 saturated carbocycles. The Bertz CT molecular complexity index is 888. The van der Waals surface area contributed by atoms with E-state index in [1.807, 2.05) is 6.07 Å². The van der Waals surface area contributed by atoms with Gasteiger partial charge in [-0.05, 0) is 23.8 Å². The zero-order chi connectivity index (χ0) is 17.0. The Balaban J connectivity index is 2.43. The number of nitro benzene ring substituents is 1. The number of nitrogens with zero attached hydrogens (tertiary/aromatic N) is 3. The number of anilines is 1. The maximum absolute atomic E-state index is 12.1. The molecule has 7 nitrogen and oxygen atoms in total. The monoisotopic (exact) mass is 331 g/mol. The van der Waals surface area contributed by atoms with E-state index in [2.05, 4.69) is 0 Å². The molecule has 0 unspecified atom stereocenters. The van der Waals surface area contributed by atoms with Gasteiger partial charge in [-0.3, -0.25) is 14.4 Å². The summed E-state index contributed by atoms with van der Waals surface area (Å²) in [6.45, 7) is -0.0601. The highest BCUT2D eigenvalue weighted by molar-refractivity contribution is 7.92. The van der Waals surface area contributed by atoms with E-state index < -0.39 is 14.9 Å². The molecule has 0 aliphatic carbocycles. The topological polar surface area (TPSA) is 104 Å². The molecule has 2 rings (SSSR count). The molecular weight excluding hydrogens is 318 g/mol. The quantitative estimate of drug-likeness (QED) is 0.618. The summed E-state index contributed by atoms with van der Waals surface area (Å²) in [5.41, 5.74) is 1.03. The Morgan fingerprint density at radius 2 is 1.91 bits per heavy atom. The maximum atomic E-state index is 12.1. The lowest BCUT2D eigenvalue weighted by Crippen LogP contribution is -2.29. The van der Waals surface area contributed by atoms with Crippen molar-refractivity contribution in [3.63, 3.8) is 0 Å². The van der Waals surface area contributed by atoms with Gasteiger partial charge in [-0.15, -0.1) is 0 Å². The molecule has 0 atom stereocenters. The SMILES string of the molecule is CS(=O)(=O)N(Cc1cccc([N+](=O)[O-])c1)c1cccc(C#N)c1. The Kier molecular flexibility index (Phi) is 4.62. The smallest absolute Gasteiger partial charge is 0.266 e. The number of hydrogen-bond donors (Lipinski definition) is 0. The van der Waals surface area contributed by atoms with E-state index in [4.69, 9.17) is 5.26 Å². The van der Waals surface area contributed by atoms with Crippen LogP contribution in [0.1, 0.15) is 11.1 Å². The molecule has 2 aromatic rings. The number of non-ortho nitro benzene ring substituents is 1. The van der Waals surface area contributed by atoms with Crippen molar-refractivity contribution in [3.05, 3.63) is 69.8 Å². The lowest BCUT2D eigenvalue weighted by molar-refractivity contribution is -0.384. The van der Waals surface area contributed by atoms with Gasteiger partial charge in [0, 0.05) is 12.1 Å². The molecule has 0 saturated heterocycles. The van der Waals surface area contributed by atoms with E-state index in [9.17, 15) is 18.5 Å². The van der Waals surface area contributed by atoms with Gasteiger partial charge in [-0.1, -0.05) is 18.2 Å². The zero-order valence-corrected chi connectivity index (χ0v) is 13.0. The first-order valence-corrected chi connectivity index (χ1v) is 8.37. The molecule has 0 fully saturated rings. The van der Waals surface area contributed by atoms with Crippen LogP contribution >= 0.6 is 0 Å². The van der Waals surface area contributed by atoms with Crippen LogP contribution < -0.4 is 4.31 Å². The molecule has 0 aliphatic heterocycles. The molecule has 0 heterocycles. The summed E-state index contributed by atoms with van der Waals surface area (Å²) in [6, 6.07) is 13.9. The van der Waals surface area contributed by atoms with E-state index in [1.165, 1.54) is 24.3 Å². The predicted molar refractivity (Wildman–Crippen MR) is 85.3 cm³/mol. The molecule has 8 heteroatoms. The highest BCUT2D eigenvalue weighted by atomic mass is 32.2. The van der Waals surface area contributed by atoms with Gasteiger partial charge in [0.25, 0.3) is 5.69 Å². The number of rotatable bonds is 5. The molecule has 118 valence electrons. The standard InChI is InChI=1S/C15H13N3O4S/c1-23(21,22)17(14-6-2-4-12(8-14)10-16)11-13-5-3-7-15(9-13)18(19)20/h2-9H,11H2,1H3. The summed E-state index contributed by atoms with van der Waals surface area (Å²) in [6.07, 6.45) is 1.05. The third-order valence-corrected chi connectivity index (χ3v) is 4.25. The third-order valence-electron chi connectivity index (χ3n) is 3.11. The van der Waals surface area contributed by atoms with Crippen molar-refractivity contribution in [1.82, 2.24) is 0 Å². The first kappa shape index (κ1) is 16.5. The van der Waals surface area contributed by atoms with Crippen LogP contribution in [0, 0.1) is 21.4 Å². The van der Waals surface area contributed by atoms with Crippen molar-refractivity contribution < 1.29 is 13.3 Å². The van der Waals surface area contributed by atoms with Crippen LogP contribution in [-0.4, -0.2) is 19.6 Å². The molecule has 0 N–H and O–H groups in total. The Morgan fingerprint density at radius 3 is 2.52 bits per heavy atom. The van der Waals surface area contributed by atoms with Crippen LogP contribution in [0.15, 0.2) is 48.5 Å². The molecule has 0 amide bonds. The van der Waals surface area contributed by atoms with Crippen LogP contribution in [0.3, 0.4) is 0 Å². The fraction of sp³-hybridized carbons (Fsp3) is 0.133. The number of sulfonamides is 1. The van der Waals surface area contributed by atoms with Gasteiger partial charge in [-0.2, -0.15) is 5.26 Å². The highest BCUT2D eigenvalue weighted by Crippen LogP contribution is 2.23. The summed E-state index contributed by atoms with van der Waals surface area (Å²) >= 11 is 0. The normalized spacial score (nSPS) is 10.8. The van der Waals surface area contributed by atoms with Crippen LogP contribution in [0.5, 0.6) is 0 Å². The van der Waals surface area contributed by atoms with Gasteiger partial charge in [0.15, 0.2) is 0 Å². The predicted octanol–water partition coefficient (Wildman–Crippen LogP) is 2.43. The van der Waals surface area contributed by atoms with Crippen molar-refractivity contribution in [3.8, 4) is 6.07 Å². The van der Waals surface area contributed by atoms with Crippen molar-refractivity contribution in [2.24, 2.45) is 0 Å². The molecule has 0 bridgehead atoms. The van der Waals surface area contributed by atoms with Crippen LogP contribution in [-0.2, 0) is 16.6 Å². The molecule has 0 radical (unpaired) electrons. The van der Waals surface area contributed by atoms with Gasteiger partial charge in [0.05, 0.1) is 35.0 Å². The van der Waals surface area contributed by atoms with E-state index in [0.29, 0.717) is 16.8 Å². The first-order valence-electron chi connectivity index (χ1n) is 6.52. The van der Waals surface area contributed by atoms with E-state index >= 15 is 0 Å². The second kappa shape index (κ2) is 6.46. The van der Waals surface area contributed by atoms with E-state index in [0.717, 1.165) is 10.6 Å². The molecule has 0 spiro atoms. The van der Waals surface area contributed by atoms with Gasteiger partial charge < -0.3 is 0 Å². The molecule has 2 aromatic carbocycles. The minimum Gasteiger partial charge on any atom is -0.266 e. The van der Waals surface area contributed by atoms with Gasteiger partial charge >= 0.3 is 0 Å². The van der Waals surface area contributed by atoms with E-state index in [1.54, 1.807) is 24.3 Å². The van der Waals surface area contributed by atoms with E-state index in [-0.39, 0.29) is 12.2 Å². The average Bonchev–Trinajstić information content (AvgIpc) is 2.52. The van der Waals surface area contributed by atoms with Crippen LogP contribution in [0.2, 0.25) is 0 Å². The molecule has 0 aromatic heterocycles. The fourth-order valence-corrected chi connectivity index (χ4v) is 2.94. The summed E-state index contributed by atoms with van der Waals surface area (Å²) in [7, 11) is -3.62. The molecule has 0 aliphatic rings. The van der Waals surface area contributed by atoms with Gasteiger partial charge in [-0.25, -0.2) is 8.42 Å². The van der Waals surface area contributed by atoms with Crippen LogP contribution in [0.25, 0.3) is 0 Å². The van der Waals surface area contributed by atoms with Crippen molar-refractivity contribution in [1.29, 1.82) is 5.26 Å². The number of benzene rings is 2. The first-order chi connectivity index (χ1) is 10.8. The summed E-state index contributed by atoms with van der Waals surface area (Å²) < 4.78 is 25.2. The largest absolute Gasteiger partial charge is 0.269 e. The summed E-state index contributed by atoms with van der Waals surface area (Å²) in [5.74, 6) is 0. The minimum atomic E-state index is -3.62. The van der Waals surface area contributed by atoms with Crippen molar-refractivity contribution in [2.75, 3.05) is 10.6 Å². The Morgan fingerprint density at radius 1 is 1.22 bits per heavy atom. The van der Waals surface area contributed by atoms with Crippen molar-refractivity contribution in [2.45, 2.75) is 6.54 Å². The number of nitro groups is 1. The Labute approximate surface area is 133 Å². The zero-order valence-electron chi connectivity index (χ0n) is 12.2. The molecular formula is C15H13N3O4S. The second-order valence-electron chi connectivity index (χ2n) is 4.86. The Hall–Kier alpha value is -2.92. The summed E-state index contributed by atoms with van der Waals surface area (Å²) in [5, 5.41) is 19.8. The maximum Gasteiger partial charge on any atom is 0.269 e. The van der Waals surface area contributed by atoms with Crippen LogP contribution in [0.4, 0.5) is 11.4 Å². The third kappa shape index (κ3) is 4.05. The second-order valence-corrected chi connectivity index (χ2v) is 6.77. The highest BCUT2D eigenvalue weighted by Gasteiger charge is 2.19. The average molecular weight is 331 g/mol. The number of nitriles is 1. The van der Waals surface area contributed by atoms with Gasteiger partial charge in [0.1, 0.15) is 0 Å².